The van der Waals surface area contributed by atoms with Crippen LogP contribution in [0.25, 0.3) is 17.1 Å². The van der Waals surface area contributed by atoms with Crippen LogP contribution in [0, 0.1) is 11.6 Å². The molecule has 5 rings (SSSR count). The lowest BCUT2D eigenvalue weighted by Gasteiger charge is -2.29. The van der Waals surface area contributed by atoms with Gasteiger partial charge in [0.1, 0.15) is 18.2 Å². The topological polar surface area (TPSA) is 80.1 Å². The Morgan fingerprint density at radius 1 is 0.971 bits per heavy atom. The molecule has 4 aromatic rings. The number of anilines is 2. The van der Waals surface area contributed by atoms with Gasteiger partial charge in [-0.25, -0.2) is 8.78 Å². The molecule has 0 saturated heterocycles. The number of benzene rings is 3. The summed E-state index contributed by atoms with van der Waals surface area (Å²) in [5.74, 6) is -1.82. The van der Waals surface area contributed by atoms with Gasteiger partial charge < -0.3 is 10.2 Å². The number of nitrogens with zero attached hydrogens (tertiary/aromatic N) is 4. The molecule has 0 saturated carbocycles. The second-order valence-corrected chi connectivity index (χ2v) is 8.38. The SMILES string of the molecule is O=C1CN(C(=O)CSc2nnc(-c3ccccc3)n2-c2ccc(F)cc2F)c2ccccc2N1. The third kappa shape index (κ3) is 4.15. The van der Waals surface area contributed by atoms with Crippen molar-refractivity contribution in [3.63, 3.8) is 0 Å². The van der Waals surface area contributed by atoms with Crippen molar-refractivity contribution < 1.29 is 18.4 Å². The van der Waals surface area contributed by atoms with Gasteiger partial charge in [0.25, 0.3) is 0 Å². The highest BCUT2D eigenvalue weighted by atomic mass is 32.2. The third-order valence-electron chi connectivity index (χ3n) is 5.21. The first-order valence-corrected chi connectivity index (χ1v) is 11.3. The van der Waals surface area contributed by atoms with Crippen LogP contribution >= 0.6 is 11.8 Å². The zero-order valence-electron chi connectivity index (χ0n) is 17.6. The first-order valence-electron chi connectivity index (χ1n) is 10.3. The molecule has 1 aliphatic rings. The lowest BCUT2D eigenvalue weighted by Crippen LogP contribution is -2.43. The Balaban J connectivity index is 1.47. The molecule has 0 unspecified atom stereocenters. The standard InChI is InChI=1S/C24H17F2N5O2S/c25-16-10-11-19(17(26)12-16)31-23(15-6-2-1-3-7-15)28-29-24(31)34-14-22(33)30-13-21(32)27-18-8-4-5-9-20(18)30/h1-12H,13-14H2,(H,27,32). The van der Waals surface area contributed by atoms with Gasteiger partial charge in [-0.1, -0.05) is 54.2 Å². The number of hydrogen-bond donors (Lipinski definition) is 1. The molecule has 0 atom stereocenters. The molecule has 1 N–H and O–H groups in total. The second kappa shape index (κ2) is 9.06. The second-order valence-electron chi connectivity index (χ2n) is 7.44. The maximum absolute atomic E-state index is 14.7. The zero-order chi connectivity index (χ0) is 23.7. The summed E-state index contributed by atoms with van der Waals surface area (Å²) in [6.07, 6.45) is 0. The Bertz CT molecular complexity index is 1390. The van der Waals surface area contributed by atoms with Crippen LogP contribution in [0.2, 0.25) is 0 Å². The quantitative estimate of drug-likeness (QED) is 0.434. The molecule has 3 aromatic carbocycles. The molecule has 1 aliphatic heterocycles. The molecule has 0 aliphatic carbocycles. The highest BCUT2D eigenvalue weighted by Crippen LogP contribution is 2.32. The van der Waals surface area contributed by atoms with Gasteiger partial charge in [-0.05, 0) is 24.3 Å². The lowest BCUT2D eigenvalue weighted by molar-refractivity contribution is -0.120. The average molecular weight is 477 g/mol. The third-order valence-corrected chi connectivity index (χ3v) is 6.13. The van der Waals surface area contributed by atoms with E-state index in [1.54, 1.807) is 36.4 Å². The van der Waals surface area contributed by atoms with E-state index in [0.717, 1.165) is 23.9 Å². The average Bonchev–Trinajstić information content (AvgIpc) is 3.26. The van der Waals surface area contributed by atoms with Gasteiger partial charge in [0, 0.05) is 11.6 Å². The number of para-hydroxylation sites is 2. The molecule has 2 amide bonds. The van der Waals surface area contributed by atoms with Crippen molar-refractivity contribution in [1.82, 2.24) is 14.8 Å². The Hall–Kier alpha value is -4.05. The van der Waals surface area contributed by atoms with E-state index < -0.39 is 11.6 Å². The van der Waals surface area contributed by atoms with Gasteiger partial charge >= 0.3 is 0 Å². The Morgan fingerprint density at radius 3 is 2.53 bits per heavy atom. The number of rotatable bonds is 5. The molecule has 170 valence electrons. The molecule has 0 fully saturated rings. The van der Waals surface area contributed by atoms with Crippen molar-refractivity contribution in [2.45, 2.75) is 5.16 Å². The van der Waals surface area contributed by atoms with Crippen LogP contribution in [0.3, 0.4) is 0 Å². The van der Waals surface area contributed by atoms with E-state index in [2.05, 4.69) is 15.5 Å². The summed E-state index contributed by atoms with van der Waals surface area (Å²) in [7, 11) is 0. The maximum atomic E-state index is 14.7. The number of aromatic nitrogens is 3. The Kier molecular flexibility index (Phi) is 5.81. The lowest BCUT2D eigenvalue weighted by atomic mass is 10.2. The van der Waals surface area contributed by atoms with Crippen LogP contribution in [-0.2, 0) is 9.59 Å². The normalized spacial score (nSPS) is 12.9. The number of carbonyl (C=O) groups excluding carboxylic acids is 2. The highest BCUT2D eigenvalue weighted by Gasteiger charge is 2.27. The van der Waals surface area contributed by atoms with Crippen molar-refractivity contribution in [1.29, 1.82) is 0 Å². The van der Waals surface area contributed by atoms with Crippen LogP contribution in [-0.4, -0.2) is 38.9 Å². The smallest absolute Gasteiger partial charge is 0.244 e. The summed E-state index contributed by atoms with van der Waals surface area (Å²) in [6.45, 7) is -0.106. The molecular weight excluding hydrogens is 460 g/mol. The first kappa shape index (κ1) is 21.8. The molecule has 10 heteroatoms. The van der Waals surface area contributed by atoms with E-state index in [1.807, 2.05) is 18.2 Å². The summed E-state index contributed by atoms with van der Waals surface area (Å²) in [6, 6.07) is 19.3. The fourth-order valence-corrected chi connectivity index (χ4v) is 4.50. The number of halogens is 2. The minimum atomic E-state index is -0.785. The minimum absolute atomic E-state index is 0.0582. The fourth-order valence-electron chi connectivity index (χ4n) is 3.68. The largest absolute Gasteiger partial charge is 0.323 e. The predicted octanol–water partition coefficient (Wildman–Crippen LogP) is 4.29. The van der Waals surface area contributed by atoms with E-state index >= 15 is 0 Å². The Labute approximate surface area is 197 Å². The Morgan fingerprint density at radius 2 is 1.74 bits per heavy atom. The number of thioether (sulfide) groups is 1. The van der Waals surface area contributed by atoms with Crippen LogP contribution < -0.4 is 10.2 Å². The summed E-state index contributed by atoms with van der Waals surface area (Å²) in [5.41, 5.74) is 1.89. The van der Waals surface area contributed by atoms with Crippen molar-refractivity contribution >= 4 is 35.0 Å². The van der Waals surface area contributed by atoms with Crippen LogP contribution in [0.15, 0.2) is 78.0 Å². The zero-order valence-corrected chi connectivity index (χ0v) is 18.4. The van der Waals surface area contributed by atoms with Crippen molar-refractivity contribution in [3.8, 4) is 17.1 Å². The summed E-state index contributed by atoms with van der Waals surface area (Å²) < 4.78 is 29.8. The predicted molar refractivity (Wildman–Crippen MR) is 125 cm³/mol. The van der Waals surface area contributed by atoms with Crippen molar-refractivity contribution in [2.75, 3.05) is 22.5 Å². The van der Waals surface area contributed by atoms with Crippen molar-refractivity contribution in [2.24, 2.45) is 0 Å². The van der Waals surface area contributed by atoms with E-state index in [-0.39, 0.29) is 35.0 Å². The van der Waals surface area contributed by atoms with Crippen LogP contribution in [0.4, 0.5) is 20.2 Å². The van der Waals surface area contributed by atoms with Gasteiger partial charge in [0.05, 0.1) is 22.8 Å². The van der Waals surface area contributed by atoms with E-state index in [4.69, 9.17) is 0 Å². The monoisotopic (exact) mass is 477 g/mol. The maximum Gasteiger partial charge on any atom is 0.244 e. The summed E-state index contributed by atoms with van der Waals surface area (Å²) in [5, 5.41) is 11.4. The molecule has 0 radical (unpaired) electrons. The van der Waals surface area contributed by atoms with E-state index in [9.17, 15) is 18.4 Å². The molecule has 34 heavy (non-hydrogen) atoms. The number of carbonyl (C=O) groups is 2. The van der Waals surface area contributed by atoms with Crippen LogP contribution in [0.1, 0.15) is 0 Å². The summed E-state index contributed by atoms with van der Waals surface area (Å²) >= 11 is 1.05. The highest BCUT2D eigenvalue weighted by molar-refractivity contribution is 7.99. The van der Waals surface area contributed by atoms with Crippen molar-refractivity contribution in [3.05, 3.63) is 84.4 Å². The number of amides is 2. The van der Waals surface area contributed by atoms with Gasteiger partial charge in [-0.3, -0.25) is 14.2 Å². The van der Waals surface area contributed by atoms with E-state index in [0.29, 0.717) is 22.8 Å². The molecule has 2 heterocycles. The molecule has 0 bridgehead atoms. The van der Waals surface area contributed by atoms with E-state index in [1.165, 1.54) is 15.5 Å². The summed E-state index contributed by atoms with van der Waals surface area (Å²) in [4.78, 5) is 26.5. The number of hydrogen-bond acceptors (Lipinski definition) is 5. The first-order chi connectivity index (χ1) is 16.5. The number of fused-ring (bicyclic) bond motifs is 1. The fraction of sp³-hybridized carbons (Fsp3) is 0.0833. The van der Waals surface area contributed by atoms with Gasteiger partial charge in [-0.15, -0.1) is 10.2 Å². The van der Waals surface area contributed by atoms with Gasteiger partial charge in [-0.2, -0.15) is 0 Å². The molecular formula is C24H17F2N5O2S. The van der Waals surface area contributed by atoms with Gasteiger partial charge in [0.15, 0.2) is 11.0 Å². The molecule has 1 aromatic heterocycles. The number of nitrogens with one attached hydrogen (secondary N) is 1. The minimum Gasteiger partial charge on any atom is -0.323 e. The van der Waals surface area contributed by atoms with Gasteiger partial charge in [0.2, 0.25) is 11.8 Å². The molecule has 0 spiro atoms. The molecule has 7 nitrogen and oxygen atoms in total. The van der Waals surface area contributed by atoms with Crippen LogP contribution in [0.5, 0.6) is 0 Å².